The van der Waals surface area contributed by atoms with Crippen molar-refractivity contribution >= 4 is 17.5 Å². The van der Waals surface area contributed by atoms with E-state index in [2.05, 4.69) is 24.2 Å². The summed E-state index contributed by atoms with van der Waals surface area (Å²) in [6, 6.07) is 10.9. The molecule has 1 saturated heterocycles. The van der Waals surface area contributed by atoms with Crippen LogP contribution in [0.5, 0.6) is 0 Å². The molecule has 132 valence electrons. The van der Waals surface area contributed by atoms with Crippen molar-refractivity contribution in [2.45, 2.75) is 38.6 Å². The van der Waals surface area contributed by atoms with E-state index in [1.54, 1.807) is 0 Å². The number of aromatic nitrogens is 2. The second-order valence-electron chi connectivity index (χ2n) is 6.73. The predicted octanol–water partition coefficient (Wildman–Crippen LogP) is 3.11. The fourth-order valence-corrected chi connectivity index (χ4v) is 3.42. The van der Waals surface area contributed by atoms with Crippen molar-refractivity contribution in [1.29, 1.82) is 0 Å². The molecule has 1 aromatic carbocycles. The molecular weight excluding hydrogens is 338 g/mol. The molecule has 0 aliphatic carbocycles. The Morgan fingerprint density at radius 3 is 2.40 bits per heavy atom. The summed E-state index contributed by atoms with van der Waals surface area (Å²) in [7, 11) is 0. The summed E-state index contributed by atoms with van der Waals surface area (Å²) in [4.78, 5) is 26.2. The van der Waals surface area contributed by atoms with Gasteiger partial charge in [-0.05, 0) is 48.9 Å². The lowest BCUT2D eigenvalue weighted by Gasteiger charge is -2.39. The summed E-state index contributed by atoms with van der Waals surface area (Å²) < 4.78 is 1.31. The molecule has 1 aromatic heterocycles. The first kappa shape index (κ1) is 17.7. The van der Waals surface area contributed by atoms with Crippen LogP contribution in [0.2, 0.25) is 5.02 Å². The minimum absolute atomic E-state index is 0.0387. The highest BCUT2D eigenvalue weighted by molar-refractivity contribution is 6.30. The molecule has 1 amide bonds. The summed E-state index contributed by atoms with van der Waals surface area (Å²) in [6.07, 6.45) is 1.77. The van der Waals surface area contributed by atoms with Gasteiger partial charge in [0.15, 0.2) is 0 Å². The fraction of sp³-hybridized carbons (Fsp3) is 0.421. The van der Waals surface area contributed by atoms with Gasteiger partial charge >= 0.3 is 0 Å². The molecule has 1 aliphatic heterocycles. The molecule has 0 N–H and O–H groups in total. The van der Waals surface area contributed by atoms with E-state index >= 15 is 0 Å². The molecule has 6 heteroatoms. The number of carbonyl (C=O) groups excluding carboxylic acids is 1. The second kappa shape index (κ2) is 7.00. The number of nitrogens with zero attached hydrogens (tertiary/aromatic N) is 3. The molecular formula is C19H22ClN3O2. The summed E-state index contributed by atoms with van der Waals surface area (Å²) in [5, 5.41) is 4.90. The van der Waals surface area contributed by atoms with Crippen LogP contribution in [0.1, 0.15) is 42.7 Å². The average molecular weight is 360 g/mol. The monoisotopic (exact) mass is 359 g/mol. The largest absolute Gasteiger partial charge is 0.337 e. The van der Waals surface area contributed by atoms with Gasteiger partial charge in [-0.1, -0.05) is 30.7 Å². The molecule has 0 spiro atoms. The zero-order valence-electron chi connectivity index (χ0n) is 14.5. The quantitative estimate of drug-likeness (QED) is 0.846. The Labute approximate surface area is 152 Å². The van der Waals surface area contributed by atoms with Crippen molar-refractivity contribution in [3.63, 3.8) is 0 Å². The molecule has 25 heavy (non-hydrogen) atoms. The van der Waals surface area contributed by atoms with Crippen LogP contribution < -0.4 is 5.56 Å². The third-order valence-corrected chi connectivity index (χ3v) is 5.33. The van der Waals surface area contributed by atoms with Crippen LogP contribution in [0.15, 0.2) is 41.2 Å². The topological polar surface area (TPSA) is 55.2 Å². The van der Waals surface area contributed by atoms with E-state index in [0.29, 0.717) is 25.3 Å². The highest BCUT2D eigenvalue weighted by atomic mass is 35.5. The van der Waals surface area contributed by atoms with Crippen LogP contribution in [-0.2, 0) is 12.0 Å². The molecule has 0 radical (unpaired) electrons. The molecule has 0 bridgehead atoms. The smallest absolute Gasteiger partial charge is 0.274 e. The normalized spacial score (nSPS) is 16.7. The van der Waals surface area contributed by atoms with E-state index in [9.17, 15) is 9.59 Å². The van der Waals surface area contributed by atoms with Gasteiger partial charge in [0.1, 0.15) is 5.69 Å². The maximum absolute atomic E-state index is 12.7. The maximum atomic E-state index is 12.7. The van der Waals surface area contributed by atoms with Crippen molar-refractivity contribution in [3.05, 3.63) is 63.0 Å². The van der Waals surface area contributed by atoms with E-state index in [1.165, 1.54) is 22.4 Å². The molecule has 2 aromatic rings. The maximum Gasteiger partial charge on any atom is 0.274 e. The number of benzene rings is 1. The Morgan fingerprint density at radius 1 is 1.16 bits per heavy atom. The Balaban J connectivity index is 1.72. The number of piperidine rings is 1. The molecule has 1 aliphatic rings. The molecule has 5 nitrogen and oxygen atoms in total. The average Bonchev–Trinajstić information content (AvgIpc) is 2.62. The van der Waals surface area contributed by atoms with E-state index in [-0.39, 0.29) is 16.9 Å². The molecule has 0 atom stereocenters. The van der Waals surface area contributed by atoms with Gasteiger partial charge in [-0.15, -0.1) is 0 Å². The van der Waals surface area contributed by atoms with E-state index in [1.807, 2.05) is 24.0 Å². The number of amides is 1. The third kappa shape index (κ3) is 3.61. The molecule has 1 fully saturated rings. The highest BCUT2D eigenvalue weighted by Crippen LogP contribution is 2.35. The number of hydrogen-bond donors (Lipinski definition) is 0. The van der Waals surface area contributed by atoms with Crippen LogP contribution >= 0.6 is 11.6 Å². The van der Waals surface area contributed by atoms with Gasteiger partial charge in [0.2, 0.25) is 0 Å². The molecule has 3 rings (SSSR count). The first-order chi connectivity index (χ1) is 11.9. The lowest BCUT2D eigenvalue weighted by molar-refractivity contribution is 0.0667. The fourth-order valence-electron chi connectivity index (χ4n) is 3.30. The minimum Gasteiger partial charge on any atom is -0.337 e. The SMILES string of the molecule is CCn1nc(C(=O)N2CCC(C)(c3ccc(Cl)cc3)CC2)ccc1=O. The molecule has 0 saturated carbocycles. The van der Waals surface area contributed by atoms with Crippen molar-refractivity contribution in [2.24, 2.45) is 0 Å². The first-order valence-electron chi connectivity index (χ1n) is 8.56. The van der Waals surface area contributed by atoms with E-state index in [0.717, 1.165) is 17.9 Å². The van der Waals surface area contributed by atoms with Gasteiger partial charge < -0.3 is 4.90 Å². The molecule has 0 unspecified atom stereocenters. The van der Waals surface area contributed by atoms with Gasteiger partial charge in [-0.2, -0.15) is 5.10 Å². The van der Waals surface area contributed by atoms with Crippen LogP contribution in [0, 0.1) is 0 Å². The van der Waals surface area contributed by atoms with Crippen molar-refractivity contribution in [1.82, 2.24) is 14.7 Å². The zero-order valence-corrected chi connectivity index (χ0v) is 15.3. The summed E-state index contributed by atoms with van der Waals surface area (Å²) >= 11 is 5.98. The predicted molar refractivity (Wildman–Crippen MR) is 98.1 cm³/mol. The number of rotatable bonds is 3. The van der Waals surface area contributed by atoms with Gasteiger partial charge in [0.05, 0.1) is 0 Å². The standard InChI is InChI=1S/C19H22ClN3O2/c1-3-23-17(24)9-8-16(21-23)18(25)22-12-10-19(2,11-13-22)14-4-6-15(20)7-5-14/h4-9H,3,10-13H2,1-2H3. The Bertz CT molecular complexity index is 821. The lowest BCUT2D eigenvalue weighted by Crippen LogP contribution is -2.44. The lowest BCUT2D eigenvalue weighted by atomic mass is 9.74. The Morgan fingerprint density at radius 2 is 1.80 bits per heavy atom. The minimum atomic E-state index is -0.187. The second-order valence-corrected chi connectivity index (χ2v) is 7.17. The Hall–Kier alpha value is -2.14. The third-order valence-electron chi connectivity index (χ3n) is 5.08. The van der Waals surface area contributed by atoms with Crippen LogP contribution in [0.25, 0.3) is 0 Å². The zero-order chi connectivity index (χ0) is 18.0. The van der Waals surface area contributed by atoms with Crippen molar-refractivity contribution in [2.75, 3.05) is 13.1 Å². The number of carbonyl (C=O) groups is 1. The molecule has 2 heterocycles. The summed E-state index contributed by atoms with van der Waals surface area (Å²) in [5.74, 6) is -0.111. The van der Waals surface area contributed by atoms with Crippen LogP contribution in [0.3, 0.4) is 0 Å². The summed E-state index contributed by atoms with van der Waals surface area (Å²) in [5.41, 5.74) is 1.43. The van der Waals surface area contributed by atoms with Gasteiger partial charge in [-0.3, -0.25) is 9.59 Å². The van der Waals surface area contributed by atoms with Crippen molar-refractivity contribution < 1.29 is 4.79 Å². The highest BCUT2D eigenvalue weighted by Gasteiger charge is 2.34. The van der Waals surface area contributed by atoms with E-state index < -0.39 is 0 Å². The van der Waals surface area contributed by atoms with Crippen LogP contribution in [0.4, 0.5) is 0 Å². The van der Waals surface area contributed by atoms with E-state index in [4.69, 9.17) is 11.6 Å². The van der Waals surface area contributed by atoms with Gasteiger partial charge in [0, 0.05) is 30.7 Å². The number of likely N-dealkylation sites (tertiary alicyclic amines) is 1. The number of halogens is 1. The van der Waals surface area contributed by atoms with Gasteiger partial charge in [-0.25, -0.2) is 4.68 Å². The van der Waals surface area contributed by atoms with Crippen LogP contribution in [-0.4, -0.2) is 33.7 Å². The Kier molecular flexibility index (Phi) is 4.95. The number of aryl methyl sites for hydroxylation is 1. The first-order valence-corrected chi connectivity index (χ1v) is 8.94. The number of hydrogen-bond acceptors (Lipinski definition) is 3. The summed E-state index contributed by atoms with van der Waals surface area (Å²) in [6.45, 7) is 5.86. The van der Waals surface area contributed by atoms with Crippen molar-refractivity contribution in [3.8, 4) is 0 Å². The van der Waals surface area contributed by atoms with Gasteiger partial charge in [0.25, 0.3) is 11.5 Å².